The third-order valence-corrected chi connectivity index (χ3v) is 6.61. The molecule has 0 unspecified atom stereocenters. The first-order chi connectivity index (χ1) is 15.5. The molecular weight excluding hydrogens is 412 g/mol. The van der Waals surface area contributed by atoms with E-state index in [0.29, 0.717) is 58.5 Å². The monoisotopic (exact) mass is 444 g/mol. The number of rotatable bonds is 5. The first-order valence-corrected chi connectivity index (χ1v) is 11.4. The molecule has 3 aliphatic rings. The van der Waals surface area contributed by atoms with Gasteiger partial charge in [0.25, 0.3) is 0 Å². The molecule has 0 aliphatic carbocycles. The van der Waals surface area contributed by atoms with Gasteiger partial charge >= 0.3 is 6.03 Å². The van der Waals surface area contributed by atoms with Gasteiger partial charge in [-0.2, -0.15) is 0 Å². The van der Waals surface area contributed by atoms with Gasteiger partial charge in [-0.05, 0) is 24.8 Å². The molecule has 0 radical (unpaired) electrons. The molecule has 3 heterocycles. The number of hydrogen-bond acceptors (Lipinski definition) is 5. The molecule has 3 fully saturated rings. The quantitative estimate of drug-likeness (QED) is 0.686. The van der Waals surface area contributed by atoms with Gasteiger partial charge in [-0.3, -0.25) is 9.59 Å². The summed E-state index contributed by atoms with van der Waals surface area (Å²) in [5.74, 6) is -0.244. The van der Waals surface area contributed by atoms with Crippen LogP contribution in [0.25, 0.3) is 0 Å². The summed E-state index contributed by atoms with van der Waals surface area (Å²) in [5, 5.41) is 12.4. The molecule has 2 N–H and O–H groups in total. The minimum Gasteiger partial charge on any atom is -0.395 e. The maximum Gasteiger partial charge on any atom is 0.320 e. The lowest BCUT2D eigenvalue weighted by Crippen LogP contribution is -2.62. The fourth-order valence-electron chi connectivity index (χ4n) is 4.84. The third kappa shape index (κ3) is 5.21. The van der Waals surface area contributed by atoms with Crippen LogP contribution in [0.3, 0.4) is 0 Å². The van der Waals surface area contributed by atoms with E-state index in [2.05, 4.69) is 5.32 Å². The largest absolute Gasteiger partial charge is 0.395 e. The molecule has 3 aliphatic heterocycles. The number of hydrogen-bond donors (Lipinski definition) is 2. The van der Waals surface area contributed by atoms with Crippen molar-refractivity contribution in [2.24, 2.45) is 5.92 Å². The Morgan fingerprint density at radius 1 is 1.09 bits per heavy atom. The second kappa shape index (κ2) is 10.3. The number of urea groups is 1. The Morgan fingerprint density at radius 2 is 1.81 bits per heavy atom. The number of ether oxygens (including phenoxy) is 1. The minimum atomic E-state index is -0.155. The number of aliphatic hydroxyl groups excluding tert-OH is 1. The van der Waals surface area contributed by atoms with E-state index in [0.717, 1.165) is 5.56 Å². The molecule has 0 aromatic heterocycles. The van der Waals surface area contributed by atoms with Crippen molar-refractivity contribution in [1.82, 2.24) is 20.0 Å². The molecule has 9 nitrogen and oxygen atoms in total. The Balaban J connectivity index is 1.29. The Bertz CT molecular complexity index is 812. The average molecular weight is 445 g/mol. The number of benzene rings is 1. The lowest BCUT2D eigenvalue weighted by Gasteiger charge is -2.43. The average Bonchev–Trinajstić information content (AvgIpc) is 2.83. The summed E-state index contributed by atoms with van der Waals surface area (Å²) in [7, 11) is 0. The minimum absolute atomic E-state index is 0.0257. The number of nitrogens with zero attached hydrogens (tertiary/aromatic N) is 3. The highest BCUT2D eigenvalue weighted by molar-refractivity contribution is 5.80. The van der Waals surface area contributed by atoms with Crippen LogP contribution in [0.1, 0.15) is 24.8 Å². The molecule has 1 aromatic carbocycles. The summed E-state index contributed by atoms with van der Waals surface area (Å²) in [6.45, 7) is 2.91. The van der Waals surface area contributed by atoms with E-state index in [-0.39, 0.29) is 49.1 Å². The van der Waals surface area contributed by atoms with Crippen LogP contribution >= 0.6 is 0 Å². The van der Waals surface area contributed by atoms with Gasteiger partial charge in [0.15, 0.2) is 0 Å². The molecule has 174 valence electrons. The van der Waals surface area contributed by atoms with E-state index in [1.165, 1.54) is 0 Å². The SMILES string of the molecule is O=C1CO[C@H]2CCN(C(=O)N3CCC(C(=O)N(CCO)Cc4ccccc4)CC3)C[C@H]2N1. The highest BCUT2D eigenvalue weighted by Gasteiger charge is 2.38. The second-order valence-corrected chi connectivity index (χ2v) is 8.77. The fourth-order valence-corrected chi connectivity index (χ4v) is 4.84. The van der Waals surface area contributed by atoms with Crippen LogP contribution < -0.4 is 5.32 Å². The van der Waals surface area contributed by atoms with Gasteiger partial charge in [0, 0.05) is 45.2 Å². The van der Waals surface area contributed by atoms with Crippen LogP contribution in [0.4, 0.5) is 4.79 Å². The van der Waals surface area contributed by atoms with Gasteiger partial charge in [-0.1, -0.05) is 30.3 Å². The number of likely N-dealkylation sites (tertiary alicyclic amines) is 2. The van der Waals surface area contributed by atoms with Crippen molar-refractivity contribution in [3.63, 3.8) is 0 Å². The Labute approximate surface area is 188 Å². The zero-order chi connectivity index (χ0) is 22.5. The van der Waals surface area contributed by atoms with E-state index in [1.54, 1.807) is 9.80 Å². The maximum atomic E-state index is 13.1. The van der Waals surface area contributed by atoms with Gasteiger partial charge in [0.2, 0.25) is 11.8 Å². The Kier molecular flexibility index (Phi) is 7.26. The number of amides is 4. The van der Waals surface area contributed by atoms with E-state index < -0.39 is 0 Å². The lowest BCUT2D eigenvalue weighted by atomic mass is 9.95. The van der Waals surface area contributed by atoms with Gasteiger partial charge in [-0.15, -0.1) is 0 Å². The predicted molar refractivity (Wildman–Crippen MR) is 116 cm³/mol. The smallest absolute Gasteiger partial charge is 0.320 e. The standard InChI is InChI=1S/C23H32N4O5/c28-13-12-26(14-17-4-2-1-3-5-17)22(30)18-6-9-25(10-7-18)23(31)27-11-8-20-19(15-27)24-21(29)16-32-20/h1-5,18-20,28H,6-16H2,(H,24,29)/t19-,20+/m1/s1. The van der Waals surface area contributed by atoms with Crippen molar-refractivity contribution in [3.05, 3.63) is 35.9 Å². The molecule has 0 spiro atoms. The molecule has 4 amide bonds. The lowest BCUT2D eigenvalue weighted by molar-refractivity contribution is -0.139. The molecule has 4 rings (SSSR count). The van der Waals surface area contributed by atoms with Crippen LogP contribution in [0.5, 0.6) is 0 Å². The van der Waals surface area contributed by atoms with Crippen molar-refractivity contribution < 1.29 is 24.2 Å². The van der Waals surface area contributed by atoms with Crippen LogP contribution in [0.2, 0.25) is 0 Å². The maximum absolute atomic E-state index is 13.1. The van der Waals surface area contributed by atoms with E-state index in [1.807, 2.05) is 35.2 Å². The number of morpholine rings is 1. The van der Waals surface area contributed by atoms with Crippen LogP contribution in [0.15, 0.2) is 30.3 Å². The first-order valence-electron chi connectivity index (χ1n) is 11.4. The van der Waals surface area contributed by atoms with Crippen molar-refractivity contribution in [2.75, 3.05) is 45.9 Å². The predicted octanol–water partition coefficient (Wildman–Crippen LogP) is 0.429. The number of carbonyl (C=O) groups is 3. The Morgan fingerprint density at radius 3 is 2.53 bits per heavy atom. The third-order valence-electron chi connectivity index (χ3n) is 6.61. The summed E-state index contributed by atoms with van der Waals surface area (Å²) < 4.78 is 5.57. The summed E-state index contributed by atoms with van der Waals surface area (Å²) >= 11 is 0. The molecule has 0 bridgehead atoms. The van der Waals surface area contributed by atoms with Crippen LogP contribution in [-0.4, -0.2) is 95.7 Å². The highest BCUT2D eigenvalue weighted by Crippen LogP contribution is 2.24. The van der Waals surface area contributed by atoms with Gasteiger partial charge in [-0.25, -0.2) is 4.79 Å². The molecule has 3 saturated heterocycles. The van der Waals surface area contributed by atoms with Crippen LogP contribution in [-0.2, 0) is 20.9 Å². The number of piperidine rings is 2. The van der Waals surface area contributed by atoms with E-state index in [9.17, 15) is 19.5 Å². The molecular formula is C23H32N4O5. The molecule has 1 aromatic rings. The topological polar surface area (TPSA) is 102 Å². The first kappa shape index (κ1) is 22.5. The molecule has 2 atom stereocenters. The summed E-state index contributed by atoms with van der Waals surface area (Å²) in [6, 6.07) is 9.57. The number of carbonyl (C=O) groups excluding carboxylic acids is 3. The van der Waals surface area contributed by atoms with E-state index in [4.69, 9.17) is 4.74 Å². The van der Waals surface area contributed by atoms with Gasteiger partial charge < -0.3 is 29.9 Å². The van der Waals surface area contributed by atoms with Crippen molar-refractivity contribution in [2.45, 2.75) is 38.0 Å². The summed E-state index contributed by atoms with van der Waals surface area (Å²) in [6.07, 6.45) is 1.91. The van der Waals surface area contributed by atoms with E-state index >= 15 is 0 Å². The van der Waals surface area contributed by atoms with Gasteiger partial charge in [0.1, 0.15) is 6.61 Å². The van der Waals surface area contributed by atoms with Crippen molar-refractivity contribution in [1.29, 1.82) is 0 Å². The fraction of sp³-hybridized carbons (Fsp3) is 0.609. The highest BCUT2D eigenvalue weighted by atomic mass is 16.5. The summed E-state index contributed by atoms with van der Waals surface area (Å²) in [5.41, 5.74) is 1.03. The number of nitrogens with one attached hydrogen (secondary N) is 1. The van der Waals surface area contributed by atoms with Crippen LogP contribution in [0, 0.1) is 5.92 Å². The molecule has 9 heteroatoms. The second-order valence-electron chi connectivity index (χ2n) is 8.77. The van der Waals surface area contributed by atoms with Gasteiger partial charge in [0.05, 0.1) is 18.8 Å². The molecule has 32 heavy (non-hydrogen) atoms. The molecule has 0 saturated carbocycles. The van der Waals surface area contributed by atoms with Crippen molar-refractivity contribution >= 4 is 17.8 Å². The Hall–Kier alpha value is -2.65. The zero-order valence-corrected chi connectivity index (χ0v) is 18.3. The van der Waals surface area contributed by atoms with Crippen molar-refractivity contribution in [3.8, 4) is 0 Å². The summed E-state index contributed by atoms with van der Waals surface area (Å²) in [4.78, 5) is 43.1. The normalized spacial score (nSPS) is 24.0. The zero-order valence-electron chi connectivity index (χ0n) is 18.3. The number of fused-ring (bicyclic) bond motifs is 1. The number of aliphatic hydroxyl groups is 1.